The molecule has 0 radical (unpaired) electrons. The Morgan fingerprint density at radius 2 is 1.71 bits per heavy atom. The molecule has 0 spiro atoms. The van der Waals surface area contributed by atoms with Crippen LogP contribution in [0.3, 0.4) is 0 Å². The van der Waals surface area contributed by atoms with Crippen molar-refractivity contribution in [1.82, 2.24) is 10.6 Å². The first-order chi connectivity index (χ1) is 11.5. The summed E-state index contributed by atoms with van der Waals surface area (Å²) in [5.74, 6) is -1.18. The van der Waals surface area contributed by atoms with Crippen LogP contribution in [0, 0.1) is 0 Å². The lowest BCUT2D eigenvalue weighted by Gasteiger charge is -2.11. The molecule has 124 valence electrons. The van der Waals surface area contributed by atoms with Crippen LogP contribution >= 0.6 is 11.6 Å². The van der Waals surface area contributed by atoms with Gasteiger partial charge in [0.25, 0.3) is 11.8 Å². The molecule has 3 amide bonds. The van der Waals surface area contributed by atoms with Gasteiger partial charge in [0.05, 0.1) is 17.8 Å². The Kier molecular flexibility index (Phi) is 5.92. The largest absolute Gasteiger partial charge is 0.355 e. The van der Waals surface area contributed by atoms with Gasteiger partial charge in [0.2, 0.25) is 5.91 Å². The molecule has 0 saturated heterocycles. The van der Waals surface area contributed by atoms with Crippen molar-refractivity contribution < 1.29 is 14.4 Å². The lowest BCUT2D eigenvalue weighted by atomic mass is 10.1. The highest BCUT2D eigenvalue weighted by Crippen LogP contribution is 2.20. The molecule has 24 heavy (non-hydrogen) atoms. The van der Waals surface area contributed by atoms with Crippen molar-refractivity contribution in [3.8, 4) is 0 Å². The lowest BCUT2D eigenvalue weighted by molar-refractivity contribution is -0.115. The van der Waals surface area contributed by atoms with E-state index in [1.807, 2.05) is 0 Å². The zero-order valence-electron chi connectivity index (χ0n) is 12.9. The Morgan fingerprint density at radius 3 is 2.38 bits per heavy atom. The van der Waals surface area contributed by atoms with Crippen molar-refractivity contribution in [3.63, 3.8) is 0 Å². The number of nitrogens with one attached hydrogen (secondary N) is 3. The van der Waals surface area contributed by atoms with Crippen LogP contribution in [0.5, 0.6) is 0 Å². The van der Waals surface area contributed by atoms with Crippen LogP contribution in [0.1, 0.15) is 20.7 Å². The van der Waals surface area contributed by atoms with E-state index in [9.17, 15) is 14.4 Å². The van der Waals surface area contributed by atoms with Gasteiger partial charge in [-0.1, -0.05) is 29.8 Å². The summed E-state index contributed by atoms with van der Waals surface area (Å²) in [6.45, 7) is -0.219. The fourth-order valence-electron chi connectivity index (χ4n) is 1.99. The predicted octanol–water partition coefficient (Wildman–Crippen LogP) is 2.07. The quantitative estimate of drug-likeness (QED) is 0.775. The number of amides is 3. The van der Waals surface area contributed by atoms with Gasteiger partial charge in [-0.25, -0.2) is 0 Å². The molecule has 2 aromatic rings. The van der Waals surface area contributed by atoms with E-state index in [1.165, 1.54) is 19.2 Å². The van der Waals surface area contributed by atoms with Crippen molar-refractivity contribution in [2.45, 2.75) is 0 Å². The summed E-state index contributed by atoms with van der Waals surface area (Å²) in [4.78, 5) is 35.7. The zero-order chi connectivity index (χ0) is 17.5. The summed E-state index contributed by atoms with van der Waals surface area (Å²) >= 11 is 5.88. The van der Waals surface area contributed by atoms with Gasteiger partial charge in [0.15, 0.2) is 0 Å². The molecule has 7 heteroatoms. The summed E-state index contributed by atoms with van der Waals surface area (Å²) in [5, 5.41) is 7.96. The third-order valence-corrected chi connectivity index (χ3v) is 3.41. The van der Waals surface area contributed by atoms with Gasteiger partial charge in [0.1, 0.15) is 0 Å². The fourth-order valence-corrected chi connectivity index (χ4v) is 2.17. The molecular weight excluding hydrogens is 330 g/mol. The van der Waals surface area contributed by atoms with Gasteiger partial charge >= 0.3 is 0 Å². The van der Waals surface area contributed by atoms with Gasteiger partial charge in [-0.05, 0) is 30.3 Å². The van der Waals surface area contributed by atoms with E-state index in [1.54, 1.807) is 36.4 Å². The Hall–Kier alpha value is -2.86. The fraction of sp³-hybridized carbons (Fsp3) is 0.118. The Morgan fingerprint density at radius 1 is 1.00 bits per heavy atom. The van der Waals surface area contributed by atoms with Crippen LogP contribution in [0.2, 0.25) is 5.02 Å². The van der Waals surface area contributed by atoms with E-state index in [2.05, 4.69) is 16.0 Å². The van der Waals surface area contributed by atoms with E-state index >= 15 is 0 Å². The van der Waals surface area contributed by atoms with Crippen LogP contribution in [0.25, 0.3) is 0 Å². The van der Waals surface area contributed by atoms with Crippen molar-refractivity contribution in [2.75, 3.05) is 18.9 Å². The van der Waals surface area contributed by atoms with Crippen molar-refractivity contribution in [3.05, 3.63) is 64.7 Å². The monoisotopic (exact) mass is 345 g/mol. The third kappa shape index (κ3) is 4.57. The van der Waals surface area contributed by atoms with Crippen LogP contribution in [0.4, 0.5) is 5.69 Å². The number of rotatable bonds is 5. The second-order valence-electron chi connectivity index (χ2n) is 4.87. The second kappa shape index (κ2) is 8.12. The summed E-state index contributed by atoms with van der Waals surface area (Å²) in [6, 6.07) is 13.1. The van der Waals surface area contributed by atoms with E-state index in [4.69, 9.17) is 11.6 Å². The number of benzene rings is 2. The number of carbonyl (C=O) groups is 3. The summed E-state index contributed by atoms with van der Waals surface area (Å²) < 4.78 is 0. The van der Waals surface area contributed by atoms with Gasteiger partial charge in [0, 0.05) is 17.6 Å². The first-order valence-corrected chi connectivity index (χ1v) is 7.54. The smallest absolute Gasteiger partial charge is 0.253 e. The third-order valence-electron chi connectivity index (χ3n) is 3.17. The maximum atomic E-state index is 12.0. The minimum absolute atomic E-state index is 0.219. The zero-order valence-corrected chi connectivity index (χ0v) is 13.7. The Balaban J connectivity index is 2.00. The number of halogens is 1. The number of hydrogen-bond donors (Lipinski definition) is 3. The second-order valence-corrected chi connectivity index (χ2v) is 5.30. The highest BCUT2D eigenvalue weighted by Gasteiger charge is 2.14. The standard InChI is InChI=1S/C17H16ClN3O3/c1-19-17(24)13-9-12(18)7-8-14(13)21-15(22)10-20-16(23)11-5-3-2-4-6-11/h2-9H,10H2,1H3,(H,19,24)(H,20,23)(H,21,22). The van der Waals surface area contributed by atoms with E-state index in [0.717, 1.165) is 0 Å². The first-order valence-electron chi connectivity index (χ1n) is 7.16. The normalized spacial score (nSPS) is 9.92. The number of carbonyl (C=O) groups excluding carboxylic acids is 3. The molecule has 0 bridgehead atoms. The van der Waals surface area contributed by atoms with Gasteiger partial charge in [-0.2, -0.15) is 0 Å². The Bertz CT molecular complexity index is 763. The molecule has 0 fully saturated rings. The average Bonchev–Trinajstić information content (AvgIpc) is 2.61. The van der Waals surface area contributed by atoms with Crippen LogP contribution < -0.4 is 16.0 Å². The number of anilines is 1. The summed E-state index contributed by atoms with van der Waals surface area (Å²) in [6.07, 6.45) is 0. The molecule has 0 aromatic heterocycles. The summed E-state index contributed by atoms with van der Waals surface area (Å²) in [7, 11) is 1.48. The van der Waals surface area contributed by atoms with E-state index in [-0.39, 0.29) is 23.9 Å². The highest BCUT2D eigenvalue weighted by molar-refractivity contribution is 6.31. The molecule has 2 rings (SSSR count). The molecule has 0 aliphatic heterocycles. The van der Waals surface area contributed by atoms with Crippen LogP contribution in [0.15, 0.2) is 48.5 Å². The molecule has 3 N–H and O–H groups in total. The summed E-state index contributed by atoms with van der Waals surface area (Å²) in [5.41, 5.74) is 1.02. The molecule has 0 unspecified atom stereocenters. The van der Waals surface area contributed by atoms with Crippen LogP contribution in [-0.4, -0.2) is 31.3 Å². The van der Waals surface area contributed by atoms with Crippen molar-refractivity contribution in [1.29, 1.82) is 0 Å². The van der Waals surface area contributed by atoms with E-state index < -0.39 is 5.91 Å². The Labute approximate surface area is 144 Å². The van der Waals surface area contributed by atoms with Gasteiger partial charge in [-0.3, -0.25) is 14.4 Å². The molecule has 0 aliphatic rings. The molecule has 6 nitrogen and oxygen atoms in total. The minimum Gasteiger partial charge on any atom is -0.355 e. The SMILES string of the molecule is CNC(=O)c1cc(Cl)ccc1NC(=O)CNC(=O)c1ccccc1. The van der Waals surface area contributed by atoms with E-state index in [0.29, 0.717) is 16.3 Å². The minimum atomic E-state index is -0.452. The highest BCUT2D eigenvalue weighted by atomic mass is 35.5. The molecule has 0 aliphatic carbocycles. The molecule has 0 saturated carbocycles. The maximum Gasteiger partial charge on any atom is 0.253 e. The molecular formula is C17H16ClN3O3. The maximum absolute atomic E-state index is 12.0. The predicted molar refractivity (Wildman–Crippen MR) is 92.2 cm³/mol. The first kappa shape index (κ1) is 17.5. The lowest BCUT2D eigenvalue weighted by Crippen LogP contribution is -2.33. The van der Waals surface area contributed by atoms with Crippen LogP contribution in [-0.2, 0) is 4.79 Å². The molecule has 0 heterocycles. The van der Waals surface area contributed by atoms with Crippen molar-refractivity contribution in [2.24, 2.45) is 0 Å². The topological polar surface area (TPSA) is 87.3 Å². The van der Waals surface area contributed by atoms with Crippen molar-refractivity contribution >= 4 is 35.0 Å². The molecule has 2 aromatic carbocycles. The molecule has 0 atom stereocenters. The average molecular weight is 346 g/mol. The number of hydrogen-bond acceptors (Lipinski definition) is 3. The van der Waals surface area contributed by atoms with Gasteiger partial charge in [-0.15, -0.1) is 0 Å². The van der Waals surface area contributed by atoms with Gasteiger partial charge < -0.3 is 16.0 Å².